The smallest absolute Gasteiger partial charge is 0.303 e. The topological polar surface area (TPSA) is 66.8 Å². The fraction of sp³-hybridized carbons (Fsp3) is 0.417. The van der Waals surface area contributed by atoms with E-state index in [0.717, 1.165) is 5.56 Å². The number of phenolic OH excluding ortho intramolecular Hbond substituents is 1. The van der Waals surface area contributed by atoms with Crippen molar-refractivity contribution in [3.63, 3.8) is 0 Å². The molecule has 0 aliphatic rings. The average molecular weight is 259 g/mol. The Labute approximate surface area is 105 Å². The van der Waals surface area contributed by atoms with E-state index in [9.17, 15) is 9.90 Å². The largest absolute Gasteiger partial charge is 0.504 e. The van der Waals surface area contributed by atoms with E-state index in [4.69, 9.17) is 21.4 Å². The SMILES string of the molecule is CCOc1cc(C(Cl)CCC(=O)O)ccc1O. The van der Waals surface area contributed by atoms with E-state index < -0.39 is 11.3 Å². The zero-order valence-corrected chi connectivity index (χ0v) is 10.3. The molecule has 0 bridgehead atoms. The monoisotopic (exact) mass is 258 g/mol. The molecule has 0 amide bonds. The van der Waals surface area contributed by atoms with Crippen molar-refractivity contribution in [3.05, 3.63) is 23.8 Å². The van der Waals surface area contributed by atoms with Crippen molar-refractivity contribution in [2.75, 3.05) is 6.61 Å². The third-order valence-electron chi connectivity index (χ3n) is 2.26. The summed E-state index contributed by atoms with van der Waals surface area (Å²) in [5, 5.41) is 17.7. The number of alkyl halides is 1. The number of halogens is 1. The van der Waals surface area contributed by atoms with Gasteiger partial charge in [-0.1, -0.05) is 6.07 Å². The number of ether oxygens (including phenoxy) is 1. The van der Waals surface area contributed by atoms with E-state index in [2.05, 4.69) is 0 Å². The molecule has 0 fully saturated rings. The van der Waals surface area contributed by atoms with Crippen LogP contribution in [0.2, 0.25) is 0 Å². The van der Waals surface area contributed by atoms with Crippen molar-refractivity contribution in [1.82, 2.24) is 0 Å². The summed E-state index contributed by atoms with van der Waals surface area (Å²) in [5.74, 6) is -0.455. The van der Waals surface area contributed by atoms with Crippen LogP contribution in [0.4, 0.5) is 0 Å². The third-order valence-corrected chi connectivity index (χ3v) is 2.73. The van der Waals surface area contributed by atoms with Gasteiger partial charge in [-0.15, -0.1) is 11.6 Å². The van der Waals surface area contributed by atoms with Crippen LogP contribution < -0.4 is 4.74 Å². The highest BCUT2D eigenvalue weighted by Gasteiger charge is 2.12. The molecule has 4 nitrogen and oxygen atoms in total. The van der Waals surface area contributed by atoms with Gasteiger partial charge in [0, 0.05) is 6.42 Å². The second kappa shape index (κ2) is 6.35. The molecule has 1 aromatic carbocycles. The minimum absolute atomic E-state index is 0.0129. The molecule has 2 N–H and O–H groups in total. The predicted octanol–water partition coefficient (Wildman–Crippen LogP) is 2.94. The molecular formula is C12H15ClO4. The molecule has 0 aliphatic carbocycles. The van der Waals surface area contributed by atoms with Crippen molar-refractivity contribution >= 4 is 17.6 Å². The van der Waals surface area contributed by atoms with Crippen molar-refractivity contribution in [3.8, 4) is 11.5 Å². The van der Waals surface area contributed by atoms with Gasteiger partial charge in [0.2, 0.25) is 0 Å². The third kappa shape index (κ3) is 4.15. The quantitative estimate of drug-likeness (QED) is 0.770. The molecule has 0 aromatic heterocycles. The number of carboxylic acid groups (broad SMARTS) is 1. The normalized spacial score (nSPS) is 12.1. The highest BCUT2D eigenvalue weighted by Crippen LogP contribution is 2.33. The Morgan fingerprint density at radius 3 is 2.82 bits per heavy atom. The van der Waals surface area contributed by atoms with Gasteiger partial charge in [0.25, 0.3) is 0 Å². The first-order valence-corrected chi connectivity index (χ1v) is 5.79. The summed E-state index contributed by atoms with van der Waals surface area (Å²) in [4.78, 5) is 10.4. The maximum absolute atomic E-state index is 10.4. The van der Waals surface area contributed by atoms with Crippen LogP contribution in [0.1, 0.15) is 30.7 Å². The lowest BCUT2D eigenvalue weighted by molar-refractivity contribution is -0.137. The number of carbonyl (C=O) groups is 1. The van der Waals surface area contributed by atoms with Gasteiger partial charge in [0.1, 0.15) is 0 Å². The number of rotatable bonds is 6. The Balaban J connectivity index is 2.76. The summed E-state index contributed by atoms with van der Waals surface area (Å²) in [6.07, 6.45) is 0.353. The van der Waals surface area contributed by atoms with Crippen molar-refractivity contribution in [2.45, 2.75) is 25.1 Å². The molecule has 5 heteroatoms. The van der Waals surface area contributed by atoms with Gasteiger partial charge < -0.3 is 14.9 Å². The highest BCUT2D eigenvalue weighted by atomic mass is 35.5. The molecule has 0 heterocycles. The number of hydrogen-bond donors (Lipinski definition) is 2. The van der Waals surface area contributed by atoms with Crippen LogP contribution in [-0.2, 0) is 4.79 Å². The van der Waals surface area contributed by atoms with E-state index in [1.165, 1.54) is 6.07 Å². The van der Waals surface area contributed by atoms with Crippen LogP contribution >= 0.6 is 11.6 Å². The van der Waals surface area contributed by atoms with Gasteiger partial charge >= 0.3 is 5.97 Å². The Bertz CT molecular complexity index is 392. The maximum Gasteiger partial charge on any atom is 0.303 e. The predicted molar refractivity (Wildman–Crippen MR) is 64.7 cm³/mol. The summed E-state index contributed by atoms with van der Waals surface area (Å²) in [5.41, 5.74) is 0.745. The van der Waals surface area contributed by atoms with Gasteiger partial charge in [0.15, 0.2) is 11.5 Å². The van der Waals surface area contributed by atoms with Crippen LogP contribution in [0.5, 0.6) is 11.5 Å². The molecule has 1 atom stereocenters. The lowest BCUT2D eigenvalue weighted by Gasteiger charge is -2.12. The van der Waals surface area contributed by atoms with Crippen LogP contribution in [-0.4, -0.2) is 22.8 Å². The summed E-state index contributed by atoms with van der Waals surface area (Å²) < 4.78 is 5.23. The second-order valence-corrected chi connectivity index (χ2v) is 4.09. The Kier molecular flexibility index (Phi) is 5.10. The number of benzene rings is 1. The molecule has 1 unspecified atom stereocenters. The lowest BCUT2D eigenvalue weighted by Crippen LogP contribution is -1.99. The fourth-order valence-corrected chi connectivity index (χ4v) is 1.66. The number of aromatic hydroxyl groups is 1. The Hall–Kier alpha value is -1.42. The second-order valence-electron chi connectivity index (χ2n) is 3.56. The van der Waals surface area contributed by atoms with E-state index in [1.807, 2.05) is 6.92 Å². The number of hydrogen-bond acceptors (Lipinski definition) is 3. The first-order chi connectivity index (χ1) is 8.04. The van der Waals surface area contributed by atoms with Crippen molar-refractivity contribution < 1.29 is 19.7 Å². The van der Waals surface area contributed by atoms with Crippen LogP contribution in [0.3, 0.4) is 0 Å². The number of carboxylic acids is 1. The Morgan fingerprint density at radius 2 is 2.24 bits per heavy atom. The van der Waals surface area contributed by atoms with Gasteiger partial charge in [0.05, 0.1) is 12.0 Å². The van der Waals surface area contributed by atoms with E-state index in [-0.39, 0.29) is 12.2 Å². The molecule has 1 aromatic rings. The zero-order valence-electron chi connectivity index (χ0n) is 9.52. The molecule has 1 rings (SSSR count). The molecule has 94 valence electrons. The van der Waals surface area contributed by atoms with E-state index in [0.29, 0.717) is 18.8 Å². The first kappa shape index (κ1) is 13.6. The lowest BCUT2D eigenvalue weighted by atomic mass is 10.1. The highest BCUT2D eigenvalue weighted by molar-refractivity contribution is 6.20. The first-order valence-electron chi connectivity index (χ1n) is 5.36. The molecular weight excluding hydrogens is 244 g/mol. The minimum Gasteiger partial charge on any atom is -0.504 e. The zero-order chi connectivity index (χ0) is 12.8. The molecule has 0 aliphatic heterocycles. The summed E-state index contributed by atoms with van der Waals surface area (Å²) in [7, 11) is 0. The number of phenols is 1. The minimum atomic E-state index is -0.875. The maximum atomic E-state index is 10.4. The van der Waals surface area contributed by atoms with Gasteiger partial charge in [-0.3, -0.25) is 4.79 Å². The van der Waals surface area contributed by atoms with Crippen LogP contribution in [0.25, 0.3) is 0 Å². The van der Waals surface area contributed by atoms with Crippen molar-refractivity contribution in [1.29, 1.82) is 0 Å². The average Bonchev–Trinajstić information content (AvgIpc) is 2.29. The Morgan fingerprint density at radius 1 is 1.53 bits per heavy atom. The number of aliphatic carboxylic acids is 1. The molecule has 0 saturated carbocycles. The molecule has 0 spiro atoms. The summed E-state index contributed by atoms with van der Waals surface area (Å²) in [6, 6.07) is 4.80. The van der Waals surface area contributed by atoms with Gasteiger partial charge in [-0.05, 0) is 31.0 Å². The summed E-state index contributed by atoms with van der Waals surface area (Å²) >= 11 is 6.07. The van der Waals surface area contributed by atoms with Crippen LogP contribution in [0, 0.1) is 0 Å². The fourth-order valence-electron chi connectivity index (χ4n) is 1.41. The summed E-state index contributed by atoms with van der Waals surface area (Å²) in [6.45, 7) is 2.26. The van der Waals surface area contributed by atoms with E-state index in [1.54, 1.807) is 12.1 Å². The molecule has 0 saturated heterocycles. The molecule has 0 radical (unpaired) electrons. The van der Waals surface area contributed by atoms with Gasteiger partial charge in [-0.25, -0.2) is 0 Å². The molecule has 17 heavy (non-hydrogen) atoms. The van der Waals surface area contributed by atoms with Gasteiger partial charge in [-0.2, -0.15) is 0 Å². The van der Waals surface area contributed by atoms with Crippen molar-refractivity contribution in [2.24, 2.45) is 0 Å². The standard InChI is InChI=1S/C12H15ClO4/c1-2-17-11-7-8(3-5-10(11)14)9(13)4-6-12(15)16/h3,5,7,9,14H,2,4,6H2,1H3,(H,15,16). The van der Waals surface area contributed by atoms with Crippen LogP contribution in [0.15, 0.2) is 18.2 Å². The van der Waals surface area contributed by atoms with E-state index >= 15 is 0 Å².